The molecule has 3 aromatic rings. The van der Waals surface area contributed by atoms with Crippen molar-refractivity contribution < 1.29 is 28.2 Å². The monoisotopic (exact) mass is 429 g/mol. The van der Waals surface area contributed by atoms with Gasteiger partial charge in [0.1, 0.15) is 35.2 Å². The molecule has 0 N–H and O–H groups in total. The van der Waals surface area contributed by atoms with E-state index >= 15 is 0 Å². The smallest absolute Gasteiger partial charge is 0.342 e. The fourth-order valence-corrected chi connectivity index (χ4v) is 3.44. The molecule has 1 aromatic carbocycles. The third-order valence-electron chi connectivity index (χ3n) is 4.35. The van der Waals surface area contributed by atoms with Crippen molar-refractivity contribution in [1.82, 2.24) is 4.90 Å². The van der Waals surface area contributed by atoms with Crippen LogP contribution >= 0.6 is 11.3 Å². The van der Waals surface area contributed by atoms with Crippen LogP contribution in [0.3, 0.4) is 0 Å². The number of thiophene rings is 1. The van der Waals surface area contributed by atoms with Gasteiger partial charge in [0.15, 0.2) is 6.61 Å². The summed E-state index contributed by atoms with van der Waals surface area (Å²) in [5, 5.41) is 1.95. The Labute approximate surface area is 178 Å². The molecular formula is C22H23NO6S. The predicted molar refractivity (Wildman–Crippen MR) is 112 cm³/mol. The molecular weight excluding hydrogens is 406 g/mol. The van der Waals surface area contributed by atoms with Crippen molar-refractivity contribution in [2.75, 3.05) is 20.8 Å². The van der Waals surface area contributed by atoms with Crippen LogP contribution in [0.25, 0.3) is 0 Å². The second-order valence-corrected chi connectivity index (χ2v) is 7.58. The minimum Gasteiger partial charge on any atom is -0.497 e. The number of furan rings is 1. The molecule has 3 rings (SSSR count). The van der Waals surface area contributed by atoms with Gasteiger partial charge in [-0.05, 0) is 48.7 Å². The van der Waals surface area contributed by atoms with Crippen molar-refractivity contribution in [3.05, 3.63) is 69.8 Å². The quantitative estimate of drug-likeness (QED) is 0.478. The van der Waals surface area contributed by atoms with Crippen LogP contribution in [0.15, 0.2) is 52.3 Å². The van der Waals surface area contributed by atoms with Crippen molar-refractivity contribution in [3.63, 3.8) is 0 Å². The van der Waals surface area contributed by atoms with E-state index in [0.29, 0.717) is 23.8 Å². The fraction of sp³-hybridized carbons (Fsp3) is 0.273. The zero-order chi connectivity index (χ0) is 21.5. The minimum atomic E-state index is -0.607. The summed E-state index contributed by atoms with van der Waals surface area (Å²) in [7, 11) is 3.27. The Kier molecular flexibility index (Phi) is 7.13. The number of hydrogen-bond acceptors (Lipinski definition) is 7. The molecule has 0 unspecified atom stereocenters. The Morgan fingerprint density at radius 1 is 1.13 bits per heavy atom. The Morgan fingerprint density at radius 2 is 1.87 bits per heavy atom. The maximum atomic E-state index is 12.4. The molecule has 2 aromatic heterocycles. The molecule has 30 heavy (non-hydrogen) atoms. The number of rotatable bonds is 9. The highest BCUT2D eigenvalue weighted by Crippen LogP contribution is 2.21. The van der Waals surface area contributed by atoms with E-state index in [1.54, 1.807) is 62.7 Å². The number of ether oxygens (including phenoxy) is 3. The van der Waals surface area contributed by atoms with Gasteiger partial charge in [-0.25, -0.2) is 4.79 Å². The second-order valence-electron chi connectivity index (χ2n) is 6.55. The normalized spacial score (nSPS) is 10.5. The molecule has 8 heteroatoms. The molecule has 0 aliphatic heterocycles. The molecule has 0 spiro atoms. The van der Waals surface area contributed by atoms with Gasteiger partial charge in [-0.15, -0.1) is 11.3 Å². The highest BCUT2D eigenvalue weighted by atomic mass is 32.1. The van der Waals surface area contributed by atoms with Crippen LogP contribution in [-0.2, 0) is 22.7 Å². The van der Waals surface area contributed by atoms with Gasteiger partial charge in [-0.2, -0.15) is 0 Å². The zero-order valence-electron chi connectivity index (χ0n) is 17.0. The molecule has 0 saturated heterocycles. The maximum Gasteiger partial charge on any atom is 0.342 e. The highest BCUT2D eigenvalue weighted by Gasteiger charge is 2.19. The molecule has 0 fully saturated rings. The third kappa shape index (κ3) is 5.64. The summed E-state index contributed by atoms with van der Waals surface area (Å²) >= 11 is 1.57. The van der Waals surface area contributed by atoms with E-state index in [0.717, 1.165) is 10.6 Å². The van der Waals surface area contributed by atoms with E-state index in [1.165, 1.54) is 4.90 Å². The lowest BCUT2D eigenvalue weighted by Gasteiger charge is -2.16. The Hall–Kier alpha value is -3.26. The predicted octanol–water partition coefficient (Wildman–Crippen LogP) is 4.05. The van der Waals surface area contributed by atoms with Crippen molar-refractivity contribution in [2.24, 2.45) is 0 Å². The summed E-state index contributed by atoms with van der Waals surface area (Å²) in [6.07, 6.45) is 0. The molecule has 0 aliphatic carbocycles. The first-order valence-electron chi connectivity index (χ1n) is 9.26. The van der Waals surface area contributed by atoms with E-state index in [1.807, 2.05) is 17.5 Å². The van der Waals surface area contributed by atoms with Crippen LogP contribution < -0.4 is 9.47 Å². The molecule has 0 aliphatic rings. The number of methoxy groups -OCH3 is 1. The average molecular weight is 429 g/mol. The van der Waals surface area contributed by atoms with E-state index < -0.39 is 5.97 Å². The average Bonchev–Trinajstić information content (AvgIpc) is 3.40. The van der Waals surface area contributed by atoms with Gasteiger partial charge < -0.3 is 23.5 Å². The third-order valence-corrected chi connectivity index (χ3v) is 5.22. The van der Waals surface area contributed by atoms with Gasteiger partial charge >= 0.3 is 5.97 Å². The molecule has 0 saturated carbocycles. The van der Waals surface area contributed by atoms with Crippen molar-refractivity contribution in [1.29, 1.82) is 0 Å². The van der Waals surface area contributed by atoms with Gasteiger partial charge in [-0.1, -0.05) is 6.07 Å². The summed E-state index contributed by atoms with van der Waals surface area (Å²) in [6, 6.07) is 12.6. The number of aryl methyl sites for hydroxylation is 1. The van der Waals surface area contributed by atoms with Gasteiger partial charge in [0.25, 0.3) is 5.91 Å². The van der Waals surface area contributed by atoms with E-state index in [-0.39, 0.29) is 24.7 Å². The molecule has 7 nitrogen and oxygen atoms in total. The molecule has 0 bridgehead atoms. The van der Waals surface area contributed by atoms with Gasteiger partial charge in [0.2, 0.25) is 0 Å². The van der Waals surface area contributed by atoms with Crippen molar-refractivity contribution >= 4 is 23.2 Å². The zero-order valence-corrected chi connectivity index (χ0v) is 17.9. The molecule has 0 atom stereocenters. The van der Waals surface area contributed by atoms with E-state index in [9.17, 15) is 9.59 Å². The van der Waals surface area contributed by atoms with Crippen LogP contribution in [0.2, 0.25) is 0 Å². The Morgan fingerprint density at radius 3 is 2.53 bits per heavy atom. The first-order valence-corrected chi connectivity index (χ1v) is 10.1. The number of carbonyl (C=O) groups excluding carboxylic acids is 2. The first-order chi connectivity index (χ1) is 14.5. The number of nitrogens with zero attached hydrogens (tertiary/aromatic N) is 1. The lowest BCUT2D eigenvalue weighted by molar-refractivity contribution is -0.133. The number of amides is 1. The molecule has 2 heterocycles. The largest absolute Gasteiger partial charge is 0.497 e. The van der Waals surface area contributed by atoms with Gasteiger partial charge in [0, 0.05) is 11.9 Å². The highest BCUT2D eigenvalue weighted by molar-refractivity contribution is 7.09. The lowest BCUT2D eigenvalue weighted by Crippen LogP contribution is -2.30. The standard InChI is InChI=1S/C22H23NO6S/c1-15-20(11-18(29-15)13-27-17-8-6-16(26-3)7-9-17)22(25)28-14-21(24)23(2)12-19-5-4-10-30-19/h4-11H,12-14H2,1-3H3. The minimum absolute atomic E-state index is 0.156. The summed E-state index contributed by atoms with van der Waals surface area (Å²) in [6.45, 7) is 1.97. The van der Waals surface area contributed by atoms with Crippen LogP contribution in [0, 0.1) is 6.92 Å². The number of esters is 1. The summed E-state index contributed by atoms with van der Waals surface area (Å²) in [4.78, 5) is 27.1. The van der Waals surface area contributed by atoms with E-state index in [4.69, 9.17) is 18.6 Å². The van der Waals surface area contributed by atoms with Crippen LogP contribution in [0.5, 0.6) is 11.5 Å². The van der Waals surface area contributed by atoms with Crippen LogP contribution in [0.1, 0.15) is 26.8 Å². The second kappa shape index (κ2) is 9.98. The van der Waals surface area contributed by atoms with Gasteiger partial charge in [-0.3, -0.25) is 4.79 Å². The van der Waals surface area contributed by atoms with Crippen LogP contribution in [0.4, 0.5) is 0 Å². The van der Waals surface area contributed by atoms with Crippen LogP contribution in [-0.4, -0.2) is 37.5 Å². The summed E-state index contributed by atoms with van der Waals surface area (Å²) in [5.74, 6) is 1.39. The van der Waals surface area contributed by atoms with E-state index in [2.05, 4.69) is 0 Å². The maximum absolute atomic E-state index is 12.4. The summed E-state index contributed by atoms with van der Waals surface area (Å²) < 4.78 is 21.5. The molecule has 1 amide bonds. The molecule has 158 valence electrons. The first kappa shape index (κ1) is 21.4. The van der Waals surface area contributed by atoms with Crippen molar-refractivity contribution in [2.45, 2.75) is 20.1 Å². The number of hydrogen-bond donors (Lipinski definition) is 0. The van der Waals surface area contributed by atoms with Crippen molar-refractivity contribution in [3.8, 4) is 11.5 Å². The summed E-state index contributed by atoms with van der Waals surface area (Å²) in [5.41, 5.74) is 0.275. The lowest BCUT2D eigenvalue weighted by atomic mass is 10.2. The Bertz CT molecular complexity index is 978. The number of benzene rings is 1. The van der Waals surface area contributed by atoms with Gasteiger partial charge in [0.05, 0.1) is 13.7 Å². The number of carbonyl (C=O) groups is 2. The fourth-order valence-electron chi connectivity index (χ4n) is 2.68. The Balaban J connectivity index is 1.50. The SMILES string of the molecule is COc1ccc(OCc2cc(C(=O)OCC(=O)N(C)Cc3cccs3)c(C)o2)cc1. The topological polar surface area (TPSA) is 78.2 Å². The molecule has 0 radical (unpaired) electrons. The number of likely N-dealkylation sites (N-methyl/N-ethyl adjacent to an activating group) is 1.